The van der Waals surface area contributed by atoms with E-state index in [2.05, 4.69) is 5.10 Å². The Balaban J connectivity index is 1.77. The number of carbonyl (C=O) groups excluding carboxylic acids is 1. The highest BCUT2D eigenvalue weighted by atomic mass is 16.2. The standard InChI is InChI=1S/C14H22N4O/c15-13-12(14(19)17-8-4-1-5-9-17)10-18(16-13)11-6-2-3-7-11/h10-11H,1-9H2,(H2,15,16). The van der Waals surface area contributed by atoms with E-state index in [1.807, 2.05) is 15.8 Å². The van der Waals surface area contributed by atoms with Gasteiger partial charge in [-0.3, -0.25) is 9.48 Å². The van der Waals surface area contributed by atoms with Crippen molar-refractivity contribution in [2.75, 3.05) is 18.8 Å². The lowest BCUT2D eigenvalue weighted by molar-refractivity contribution is 0.0725. The SMILES string of the molecule is Nc1nn(C2CCCC2)cc1C(=O)N1CCCCC1. The van der Waals surface area contributed by atoms with Gasteiger partial charge in [-0.05, 0) is 32.1 Å². The number of anilines is 1. The van der Waals surface area contributed by atoms with Crippen LogP contribution in [0.15, 0.2) is 6.20 Å². The van der Waals surface area contributed by atoms with Gasteiger partial charge in [0.2, 0.25) is 0 Å². The second-order valence-electron chi connectivity index (χ2n) is 5.70. The lowest BCUT2D eigenvalue weighted by Gasteiger charge is -2.26. The van der Waals surface area contributed by atoms with Gasteiger partial charge in [-0.2, -0.15) is 5.10 Å². The molecule has 1 saturated carbocycles. The van der Waals surface area contributed by atoms with E-state index in [0.29, 0.717) is 17.4 Å². The lowest BCUT2D eigenvalue weighted by atomic mass is 10.1. The van der Waals surface area contributed by atoms with Crippen LogP contribution in [0.4, 0.5) is 5.82 Å². The third-order valence-electron chi connectivity index (χ3n) is 4.33. The minimum Gasteiger partial charge on any atom is -0.382 e. The maximum atomic E-state index is 12.4. The number of piperidine rings is 1. The number of likely N-dealkylation sites (tertiary alicyclic amines) is 1. The Hall–Kier alpha value is -1.52. The summed E-state index contributed by atoms with van der Waals surface area (Å²) in [6.45, 7) is 1.71. The highest BCUT2D eigenvalue weighted by molar-refractivity contribution is 5.98. The Morgan fingerprint density at radius 3 is 2.53 bits per heavy atom. The number of nitrogen functional groups attached to an aromatic ring is 1. The smallest absolute Gasteiger partial charge is 0.259 e. The molecule has 104 valence electrons. The predicted molar refractivity (Wildman–Crippen MR) is 73.9 cm³/mol. The number of nitrogens with two attached hydrogens (primary N) is 1. The minimum absolute atomic E-state index is 0.0569. The van der Waals surface area contributed by atoms with Gasteiger partial charge in [0.05, 0.1) is 6.04 Å². The zero-order valence-corrected chi connectivity index (χ0v) is 11.3. The molecule has 1 aliphatic carbocycles. The molecule has 1 aliphatic heterocycles. The van der Waals surface area contributed by atoms with Gasteiger partial charge in [0.1, 0.15) is 5.56 Å². The van der Waals surface area contributed by atoms with E-state index < -0.39 is 0 Å². The van der Waals surface area contributed by atoms with Crippen LogP contribution in [0.25, 0.3) is 0 Å². The van der Waals surface area contributed by atoms with Crippen LogP contribution in [0.1, 0.15) is 61.3 Å². The van der Waals surface area contributed by atoms with Crippen LogP contribution in [0, 0.1) is 0 Å². The molecule has 19 heavy (non-hydrogen) atoms. The summed E-state index contributed by atoms with van der Waals surface area (Å²) in [5, 5.41) is 4.36. The average Bonchev–Trinajstić information content (AvgIpc) is 3.08. The highest BCUT2D eigenvalue weighted by Gasteiger charge is 2.25. The normalized spacial score (nSPS) is 20.9. The largest absolute Gasteiger partial charge is 0.382 e. The number of carbonyl (C=O) groups is 1. The average molecular weight is 262 g/mol. The molecule has 1 saturated heterocycles. The molecule has 0 aromatic carbocycles. The van der Waals surface area contributed by atoms with Crippen LogP contribution in [0.5, 0.6) is 0 Å². The van der Waals surface area contributed by atoms with E-state index >= 15 is 0 Å². The number of hydrogen-bond donors (Lipinski definition) is 1. The molecule has 0 atom stereocenters. The van der Waals surface area contributed by atoms with Crippen molar-refractivity contribution in [1.82, 2.24) is 14.7 Å². The fourth-order valence-corrected chi connectivity index (χ4v) is 3.19. The fourth-order valence-electron chi connectivity index (χ4n) is 3.19. The third-order valence-corrected chi connectivity index (χ3v) is 4.33. The van der Waals surface area contributed by atoms with Crippen molar-refractivity contribution in [3.05, 3.63) is 11.8 Å². The van der Waals surface area contributed by atoms with E-state index in [9.17, 15) is 4.79 Å². The number of hydrogen-bond acceptors (Lipinski definition) is 3. The van der Waals surface area contributed by atoms with E-state index in [4.69, 9.17) is 5.73 Å². The monoisotopic (exact) mass is 262 g/mol. The molecule has 0 unspecified atom stereocenters. The molecule has 0 spiro atoms. The second kappa shape index (κ2) is 5.23. The third kappa shape index (κ3) is 2.46. The molecule has 0 bridgehead atoms. The molecule has 3 rings (SSSR count). The van der Waals surface area contributed by atoms with Crippen molar-refractivity contribution in [2.45, 2.75) is 51.0 Å². The van der Waals surface area contributed by atoms with Gasteiger partial charge in [-0.25, -0.2) is 0 Å². The molecule has 1 aromatic rings. The summed E-state index contributed by atoms with van der Waals surface area (Å²) < 4.78 is 1.92. The van der Waals surface area contributed by atoms with E-state index in [1.165, 1.54) is 19.3 Å². The first-order chi connectivity index (χ1) is 9.25. The van der Waals surface area contributed by atoms with Gasteiger partial charge in [-0.1, -0.05) is 12.8 Å². The van der Waals surface area contributed by atoms with Gasteiger partial charge in [0.15, 0.2) is 5.82 Å². The first-order valence-corrected chi connectivity index (χ1v) is 7.39. The summed E-state index contributed by atoms with van der Waals surface area (Å²) in [6, 6.07) is 0.435. The van der Waals surface area contributed by atoms with Gasteiger partial charge in [-0.15, -0.1) is 0 Å². The molecular weight excluding hydrogens is 240 g/mol. The van der Waals surface area contributed by atoms with Crippen LogP contribution in [-0.2, 0) is 0 Å². The van der Waals surface area contributed by atoms with Gasteiger partial charge >= 0.3 is 0 Å². The maximum absolute atomic E-state index is 12.4. The summed E-state index contributed by atoms with van der Waals surface area (Å²) >= 11 is 0. The quantitative estimate of drug-likeness (QED) is 0.888. The van der Waals surface area contributed by atoms with Crippen molar-refractivity contribution in [3.63, 3.8) is 0 Å². The molecule has 5 heteroatoms. The van der Waals surface area contributed by atoms with Crippen LogP contribution >= 0.6 is 0 Å². The molecule has 5 nitrogen and oxygen atoms in total. The zero-order valence-electron chi connectivity index (χ0n) is 11.3. The first kappa shape index (κ1) is 12.5. The summed E-state index contributed by atoms with van der Waals surface area (Å²) in [5.41, 5.74) is 6.53. The topological polar surface area (TPSA) is 64.1 Å². The zero-order chi connectivity index (χ0) is 13.2. The minimum atomic E-state index is 0.0569. The molecule has 0 radical (unpaired) electrons. The maximum Gasteiger partial charge on any atom is 0.259 e. The van der Waals surface area contributed by atoms with E-state index in [-0.39, 0.29) is 5.91 Å². The number of nitrogens with zero attached hydrogens (tertiary/aromatic N) is 3. The second-order valence-corrected chi connectivity index (χ2v) is 5.70. The van der Waals surface area contributed by atoms with E-state index in [1.54, 1.807) is 0 Å². The first-order valence-electron chi connectivity index (χ1n) is 7.39. The van der Waals surface area contributed by atoms with Crippen molar-refractivity contribution < 1.29 is 4.79 Å². The number of rotatable bonds is 2. The van der Waals surface area contributed by atoms with Crippen molar-refractivity contribution in [2.24, 2.45) is 0 Å². The summed E-state index contributed by atoms with van der Waals surface area (Å²) in [6.07, 6.45) is 10.1. The summed E-state index contributed by atoms with van der Waals surface area (Å²) in [4.78, 5) is 14.4. The lowest BCUT2D eigenvalue weighted by Crippen LogP contribution is -2.35. The Kier molecular flexibility index (Phi) is 3.44. The Morgan fingerprint density at radius 2 is 1.84 bits per heavy atom. The molecule has 2 aliphatic rings. The van der Waals surface area contributed by atoms with Gasteiger partial charge in [0.25, 0.3) is 5.91 Å². The van der Waals surface area contributed by atoms with Crippen molar-refractivity contribution >= 4 is 11.7 Å². The van der Waals surface area contributed by atoms with Gasteiger partial charge < -0.3 is 10.6 Å². The van der Waals surface area contributed by atoms with Crippen LogP contribution < -0.4 is 5.73 Å². The van der Waals surface area contributed by atoms with Crippen LogP contribution in [0.3, 0.4) is 0 Å². The molecule has 2 fully saturated rings. The predicted octanol–water partition coefficient (Wildman–Crippen LogP) is 2.21. The molecular formula is C14H22N4O. The van der Waals surface area contributed by atoms with Crippen LogP contribution in [-0.4, -0.2) is 33.7 Å². The van der Waals surface area contributed by atoms with Crippen molar-refractivity contribution in [3.8, 4) is 0 Å². The number of amides is 1. The summed E-state index contributed by atoms with van der Waals surface area (Å²) in [5.74, 6) is 0.448. The molecule has 1 aromatic heterocycles. The highest BCUT2D eigenvalue weighted by Crippen LogP contribution is 2.30. The molecule has 2 N–H and O–H groups in total. The van der Waals surface area contributed by atoms with Crippen molar-refractivity contribution in [1.29, 1.82) is 0 Å². The fraction of sp³-hybridized carbons (Fsp3) is 0.714. The number of aromatic nitrogens is 2. The van der Waals surface area contributed by atoms with E-state index in [0.717, 1.165) is 38.8 Å². The van der Waals surface area contributed by atoms with Gasteiger partial charge in [0, 0.05) is 19.3 Å². The Labute approximate surface area is 113 Å². The Morgan fingerprint density at radius 1 is 1.16 bits per heavy atom. The van der Waals surface area contributed by atoms with Crippen LogP contribution in [0.2, 0.25) is 0 Å². The summed E-state index contributed by atoms with van der Waals surface area (Å²) in [7, 11) is 0. The molecule has 1 amide bonds. The Bertz CT molecular complexity index is 456. The molecule has 2 heterocycles.